The first kappa shape index (κ1) is 22.5. The predicted octanol–water partition coefficient (Wildman–Crippen LogP) is 1.95. The molecule has 0 spiro atoms. The number of primary sulfonamides is 1. The van der Waals surface area contributed by atoms with Crippen LogP contribution in [0, 0.1) is 0 Å². The average Bonchev–Trinajstić information content (AvgIpc) is 3.07. The molecule has 2 aliphatic heterocycles. The van der Waals surface area contributed by atoms with Crippen molar-refractivity contribution in [3.05, 3.63) is 89.5 Å². The van der Waals surface area contributed by atoms with Crippen molar-refractivity contribution in [1.82, 2.24) is 0 Å². The highest BCUT2D eigenvalue weighted by molar-refractivity contribution is 7.89. The summed E-state index contributed by atoms with van der Waals surface area (Å²) in [4.78, 5) is 17.1. The lowest BCUT2D eigenvalue weighted by Crippen LogP contribution is -2.42. The van der Waals surface area contributed by atoms with Crippen LogP contribution in [0.3, 0.4) is 0 Å². The summed E-state index contributed by atoms with van der Waals surface area (Å²) in [5.74, 6) is -0.623. The highest BCUT2D eigenvalue weighted by Gasteiger charge is 2.52. The molecular formula is C25H25N3O5S. The number of hydrogen-bond acceptors (Lipinski definition) is 6. The zero-order valence-electron chi connectivity index (χ0n) is 18.4. The number of para-hydroxylation sites is 1. The number of carbonyl (C=O) groups excluding carboxylic acids is 1. The number of fused-ring (bicyclic) bond motifs is 1. The lowest BCUT2D eigenvalue weighted by atomic mass is 9.87. The Labute approximate surface area is 198 Å². The summed E-state index contributed by atoms with van der Waals surface area (Å²) in [5.41, 5.74) is 0.577. The molecule has 34 heavy (non-hydrogen) atoms. The third-order valence-corrected chi connectivity index (χ3v) is 7.34. The SMILES string of the molecule is NS(=O)(=O)c1ccccc1C1(O)C(=O)N(Cc2ccc(N3CCOCC3)cc2)c2ccccc21. The highest BCUT2D eigenvalue weighted by atomic mass is 32.2. The quantitative estimate of drug-likeness (QED) is 0.578. The van der Waals surface area contributed by atoms with Gasteiger partial charge in [-0.15, -0.1) is 0 Å². The number of amides is 1. The van der Waals surface area contributed by atoms with Gasteiger partial charge in [-0.25, -0.2) is 13.6 Å². The zero-order chi connectivity index (χ0) is 23.9. The van der Waals surface area contributed by atoms with E-state index in [0.29, 0.717) is 24.5 Å². The molecule has 1 saturated heterocycles. The van der Waals surface area contributed by atoms with E-state index >= 15 is 0 Å². The molecule has 1 fully saturated rings. The normalized spacial score (nSPS) is 20.5. The van der Waals surface area contributed by atoms with E-state index in [1.54, 1.807) is 30.3 Å². The Balaban J connectivity index is 1.51. The molecule has 2 heterocycles. The summed E-state index contributed by atoms with van der Waals surface area (Å²) >= 11 is 0. The summed E-state index contributed by atoms with van der Waals surface area (Å²) < 4.78 is 29.9. The molecule has 0 bridgehead atoms. The van der Waals surface area contributed by atoms with Crippen molar-refractivity contribution in [2.24, 2.45) is 5.14 Å². The Morgan fingerprint density at radius 2 is 1.53 bits per heavy atom. The Hall–Kier alpha value is -3.24. The molecule has 0 radical (unpaired) electrons. The minimum atomic E-state index is -4.17. The number of benzene rings is 3. The van der Waals surface area contributed by atoms with Gasteiger partial charge in [0, 0.05) is 29.9 Å². The molecule has 2 aliphatic rings. The van der Waals surface area contributed by atoms with Crippen LogP contribution in [0.2, 0.25) is 0 Å². The second-order valence-corrected chi connectivity index (χ2v) is 9.96. The van der Waals surface area contributed by atoms with E-state index in [-0.39, 0.29) is 17.0 Å². The molecule has 3 aromatic rings. The summed E-state index contributed by atoms with van der Waals surface area (Å²) in [7, 11) is -4.17. The van der Waals surface area contributed by atoms with E-state index < -0.39 is 21.5 Å². The number of aliphatic hydroxyl groups is 1. The third kappa shape index (κ3) is 3.76. The minimum Gasteiger partial charge on any atom is -0.378 e. The molecule has 3 aromatic carbocycles. The Morgan fingerprint density at radius 1 is 0.912 bits per heavy atom. The second kappa shape index (κ2) is 8.52. The van der Waals surface area contributed by atoms with E-state index in [1.807, 2.05) is 24.3 Å². The summed E-state index contributed by atoms with van der Waals surface area (Å²) in [6.07, 6.45) is 0. The fourth-order valence-corrected chi connectivity index (χ4v) is 5.47. The van der Waals surface area contributed by atoms with Gasteiger partial charge < -0.3 is 19.6 Å². The van der Waals surface area contributed by atoms with Crippen LogP contribution in [0.4, 0.5) is 11.4 Å². The van der Waals surface area contributed by atoms with Gasteiger partial charge >= 0.3 is 0 Å². The third-order valence-electron chi connectivity index (χ3n) is 6.38. The van der Waals surface area contributed by atoms with Crippen LogP contribution in [0.1, 0.15) is 16.7 Å². The lowest BCUT2D eigenvalue weighted by Gasteiger charge is -2.29. The van der Waals surface area contributed by atoms with Crippen LogP contribution >= 0.6 is 0 Å². The summed E-state index contributed by atoms with van der Waals surface area (Å²) in [6.45, 7) is 3.26. The number of ether oxygens (including phenoxy) is 1. The number of morpholine rings is 1. The van der Waals surface area contributed by atoms with Crippen LogP contribution in [0.5, 0.6) is 0 Å². The first-order valence-electron chi connectivity index (χ1n) is 11.0. The number of hydrogen-bond donors (Lipinski definition) is 2. The Morgan fingerprint density at radius 3 is 2.21 bits per heavy atom. The number of carbonyl (C=O) groups is 1. The standard InChI is InChI=1S/C25H25N3O5S/c26-34(31,32)23-8-4-2-6-21(23)25(30)20-5-1-3-7-22(20)28(24(25)29)17-18-9-11-19(12-10-18)27-13-15-33-16-14-27/h1-12,30H,13-17H2,(H2,26,31,32). The largest absolute Gasteiger partial charge is 0.378 e. The lowest BCUT2D eigenvalue weighted by molar-refractivity contribution is -0.132. The Bertz CT molecular complexity index is 1340. The maximum atomic E-state index is 13.7. The van der Waals surface area contributed by atoms with Gasteiger partial charge in [0.05, 0.1) is 30.3 Å². The molecule has 0 aliphatic carbocycles. The number of anilines is 2. The fraction of sp³-hybridized carbons (Fsp3) is 0.240. The van der Waals surface area contributed by atoms with Crippen LogP contribution < -0.4 is 14.9 Å². The van der Waals surface area contributed by atoms with Crippen molar-refractivity contribution >= 4 is 27.3 Å². The van der Waals surface area contributed by atoms with Gasteiger partial charge in [-0.1, -0.05) is 48.5 Å². The highest BCUT2D eigenvalue weighted by Crippen LogP contribution is 2.46. The molecule has 1 atom stereocenters. The second-order valence-electron chi connectivity index (χ2n) is 8.43. The molecule has 8 nitrogen and oxygen atoms in total. The number of nitrogens with two attached hydrogens (primary N) is 1. The first-order valence-corrected chi connectivity index (χ1v) is 12.5. The first-order chi connectivity index (χ1) is 16.3. The van der Waals surface area contributed by atoms with Crippen LogP contribution in [-0.2, 0) is 31.7 Å². The van der Waals surface area contributed by atoms with Crippen molar-refractivity contribution in [2.75, 3.05) is 36.1 Å². The van der Waals surface area contributed by atoms with Crippen LogP contribution in [-0.4, -0.2) is 45.7 Å². The van der Waals surface area contributed by atoms with Gasteiger partial charge in [0.2, 0.25) is 10.0 Å². The summed E-state index contributed by atoms with van der Waals surface area (Å²) in [5, 5.41) is 17.2. The van der Waals surface area contributed by atoms with E-state index in [0.717, 1.165) is 24.3 Å². The van der Waals surface area contributed by atoms with Crippen molar-refractivity contribution in [1.29, 1.82) is 0 Å². The van der Waals surface area contributed by atoms with Gasteiger partial charge in [-0.2, -0.15) is 0 Å². The van der Waals surface area contributed by atoms with Crippen molar-refractivity contribution in [2.45, 2.75) is 17.0 Å². The van der Waals surface area contributed by atoms with Gasteiger partial charge in [-0.3, -0.25) is 4.79 Å². The van der Waals surface area contributed by atoms with E-state index in [4.69, 9.17) is 9.88 Å². The fourth-order valence-electron chi connectivity index (χ4n) is 4.68. The van der Waals surface area contributed by atoms with Gasteiger partial charge in [0.15, 0.2) is 5.60 Å². The Kier molecular flexibility index (Phi) is 5.65. The number of nitrogens with zero attached hydrogens (tertiary/aromatic N) is 2. The predicted molar refractivity (Wildman–Crippen MR) is 128 cm³/mol. The molecule has 5 rings (SSSR count). The van der Waals surface area contributed by atoms with Crippen LogP contribution in [0.15, 0.2) is 77.7 Å². The monoisotopic (exact) mass is 479 g/mol. The molecular weight excluding hydrogens is 454 g/mol. The zero-order valence-corrected chi connectivity index (χ0v) is 19.2. The van der Waals surface area contributed by atoms with Crippen LogP contribution in [0.25, 0.3) is 0 Å². The van der Waals surface area contributed by atoms with E-state index in [9.17, 15) is 18.3 Å². The smallest absolute Gasteiger partial charge is 0.268 e. The number of sulfonamides is 1. The number of rotatable bonds is 5. The van der Waals surface area contributed by atoms with E-state index in [1.165, 1.54) is 23.1 Å². The van der Waals surface area contributed by atoms with Gasteiger partial charge in [0.25, 0.3) is 5.91 Å². The van der Waals surface area contributed by atoms with Crippen molar-refractivity contribution in [3.63, 3.8) is 0 Å². The topological polar surface area (TPSA) is 113 Å². The molecule has 176 valence electrons. The molecule has 3 N–H and O–H groups in total. The van der Waals surface area contributed by atoms with E-state index in [2.05, 4.69) is 4.90 Å². The summed E-state index contributed by atoms with van der Waals surface area (Å²) in [6, 6.07) is 20.6. The van der Waals surface area contributed by atoms with Crippen molar-refractivity contribution < 1.29 is 23.1 Å². The molecule has 0 saturated carbocycles. The minimum absolute atomic E-state index is 0.0554. The molecule has 9 heteroatoms. The average molecular weight is 480 g/mol. The van der Waals surface area contributed by atoms with Crippen molar-refractivity contribution in [3.8, 4) is 0 Å². The molecule has 1 amide bonds. The molecule has 0 aromatic heterocycles. The van der Waals surface area contributed by atoms with Gasteiger partial charge in [-0.05, 0) is 29.8 Å². The van der Waals surface area contributed by atoms with Gasteiger partial charge in [0.1, 0.15) is 0 Å². The maximum Gasteiger partial charge on any atom is 0.268 e. The molecule has 1 unspecified atom stereocenters. The maximum absolute atomic E-state index is 13.7.